The Kier molecular flexibility index (Phi) is 4.51. The SMILES string of the molecule is C#Cc1ccc(CNCc2c(-c3ccccc3)ccc3cncn23)cc1. The fourth-order valence-corrected chi connectivity index (χ4v) is 3.15. The highest BCUT2D eigenvalue weighted by molar-refractivity contribution is 5.69. The standard InChI is InChI=1S/C23H19N3/c1-2-18-8-10-19(11-9-18)14-24-16-23-22(20-6-4-3-5-7-20)13-12-21-15-25-17-26(21)23/h1,3-13,15,17,24H,14,16H2. The van der Waals surface area contributed by atoms with Crippen LogP contribution in [0.5, 0.6) is 0 Å². The van der Waals surface area contributed by atoms with Gasteiger partial charge < -0.3 is 9.72 Å². The molecule has 126 valence electrons. The molecule has 0 aliphatic heterocycles. The van der Waals surface area contributed by atoms with Crippen molar-refractivity contribution in [3.63, 3.8) is 0 Å². The minimum Gasteiger partial charge on any atom is -0.307 e. The molecule has 3 heteroatoms. The van der Waals surface area contributed by atoms with Gasteiger partial charge in [0.15, 0.2) is 0 Å². The molecule has 2 aromatic heterocycles. The van der Waals surface area contributed by atoms with Gasteiger partial charge >= 0.3 is 0 Å². The van der Waals surface area contributed by atoms with Gasteiger partial charge in [-0.3, -0.25) is 0 Å². The van der Waals surface area contributed by atoms with Gasteiger partial charge in [0.25, 0.3) is 0 Å². The monoisotopic (exact) mass is 337 g/mol. The summed E-state index contributed by atoms with van der Waals surface area (Å²) in [4.78, 5) is 4.30. The predicted molar refractivity (Wildman–Crippen MR) is 106 cm³/mol. The van der Waals surface area contributed by atoms with Crippen LogP contribution in [0.15, 0.2) is 79.3 Å². The summed E-state index contributed by atoms with van der Waals surface area (Å²) in [7, 11) is 0. The average molecular weight is 337 g/mol. The maximum absolute atomic E-state index is 5.42. The Morgan fingerprint density at radius 1 is 0.923 bits per heavy atom. The van der Waals surface area contributed by atoms with Gasteiger partial charge in [-0.15, -0.1) is 6.42 Å². The number of hydrogen-bond donors (Lipinski definition) is 1. The van der Waals surface area contributed by atoms with E-state index in [4.69, 9.17) is 6.42 Å². The number of aromatic nitrogens is 2. The van der Waals surface area contributed by atoms with Crippen LogP contribution in [0.4, 0.5) is 0 Å². The molecule has 0 radical (unpaired) electrons. The van der Waals surface area contributed by atoms with Crippen molar-refractivity contribution in [2.24, 2.45) is 0 Å². The van der Waals surface area contributed by atoms with Gasteiger partial charge in [-0.25, -0.2) is 4.98 Å². The van der Waals surface area contributed by atoms with Crippen molar-refractivity contribution >= 4 is 5.52 Å². The predicted octanol–water partition coefficient (Wildman–Crippen LogP) is 4.27. The van der Waals surface area contributed by atoms with Crippen molar-refractivity contribution in [2.45, 2.75) is 13.1 Å². The second-order valence-corrected chi connectivity index (χ2v) is 6.19. The second kappa shape index (κ2) is 7.26. The van der Waals surface area contributed by atoms with E-state index < -0.39 is 0 Å². The van der Waals surface area contributed by atoms with Gasteiger partial charge in [0.1, 0.15) is 0 Å². The van der Waals surface area contributed by atoms with Crippen molar-refractivity contribution in [1.29, 1.82) is 0 Å². The first kappa shape index (κ1) is 16.1. The van der Waals surface area contributed by atoms with E-state index in [1.165, 1.54) is 22.4 Å². The van der Waals surface area contributed by atoms with E-state index in [0.717, 1.165) is 24.2 Å². The number of rotatable bonds is 5. The fraction of sp³-hybridized carbons (Fsp3) is 0.0870. The molecule has 2 aromatic carbocycles. The molecule has 0 saturated carbocycles. The maximum atomic E-state index is 5.42. The summed E-state index contributed by atoms with van der Waals surface area (Å²) in [6.45, 7) is 1.53. The summed E-state index contributed by atoms with van der Waals surface area (Å²) < 4.78 is 2.15. The third-order valence-electron chi connectivity index (χ3n) is 4.52. The highest BCUT2D eigenvalue weighted by Crippen LogP contribution is 2.25. The lowest BCUT2D eigenvalue weighted by atomic mass is 10.0. The van der Waals surface area contributed by atoms with E-state index in [-0.39, 0.29) is 0 Å². The zero-order valence-electron chi connectivity index (χ0n) is 14.4. The number of hydrogen-bond acceptors (Lipinski definition) is 2. The van der Waals surface area contributed by atoms with E-state index >= 15 is 0 Å². The van der Waals surface area contributed by atoms with Crippen molar-refractivity contribution < 1.29 is 0 Å². The number of nitrogens with zero attached hydrogens (tertiary/aromatic N) is 2. The molecule has 0 amide bonds. The van der Waals surface area contributed by atoms with Crippen LogP contribution in [-0.2, 0) is 13.1 Å². The first-order valence-corrected chi connectivity index (χ1v) is 8.61. The Morgan fingerprint density at radius 2 is 1.73 bits per heavy atom. The fourth-order valence-electron chi connectivity index (χ4n) is 3.15. The lowest BCUT2D eigenvalue weighted by Gasteiger charge is -2.14. The zero-order valence-corrected chi connectivity index (χ0v) is 14.4. The molecule has 0 fully saturated rings. The van der Waals surface area contributed by atoms with Crippen LogP contribution < -0.4 is 5.32 Å². The molecule has 0 spiro atoms. The van der Waals surface area contributed by atoms with Crippen LogP contribution in [0.3, 0.4) is 0 Å². The van der Waals surface area contributed by atoms with Crippen LogP contribution in [0, 0.1) is 12.3 Å². The van der Waals surface area contributed by atoms with E-state index in [0.29, 0.717) is 0 Å². The first-order valence-electron chi connectivity index (χ1n) is 8.61. The molecule has 0 unspecified atom stereocenters. The molecular formula is C23H19N3. The molecule has 26 heavy (non-hydrogen) atoms. The van der Waals surface area contributed by atoms with Crippen LogP contribution in [0.2, 0.25) is 0 Å². The molecule has 1 N–H and O–H groups in total. The minimum atomic E-state index is 0.745. The highest BCUT2D eigenvalue weighted by atomic mass is 15.0. The van der Waals surface area contributed by atoms with Gasteiger partial charge in [-0.05, 0) is 29.3 Å². The number of terminal acetylenes is 1. The Labute approximate surface area is 153 Å². The minimum absolute atomic E-state index is 0.745. The van der Waals surface area contributed by atoms with Crippen molar-refractivity contribution in [3.05, 3.63) is 96.1 Å². The van der Waals surface area contributed by atoms with E-state index in [2.05, 4.69) is 69.2 Å². The summed E-state index contributed by atoms with van der Waals surface area (Å²) in [5, 5.41) is 3.55. The van der Waals surface area contributed by atoms with Gasteiger partial charge in [0.05, 0.1) is 18.0 Å². The first-order chi connectivity index (χ1) is 12.8. The van der Waals surface area contributed by atoms with E-state index in [9.17, 15) is 0 Å². The molecule has 0 bridgehead atoms. The van der Waals surface area contributed by atoms with Crippen molar-refractivity contribution in [3.8, 4) is 23.5 Å². The van der Waals surface area contributed by atoms with Gasteiger partial charge in [0.2, 0.25) is 0 Å². The number of benzene rings is 2. The average Bonchev–Trinajstić information content (AvgIpc) is 3.18. The van der Waals surface area contributed by atoms with Crippen LogP contribution in [-0.4, -0.2) is 9.38 Å². The summed E-state index contributed by atoms with van der Waals surface area (Å²) >= 11 is 0. The topological polar surface area (TPSA) is 29.3 Å². The number of fused-ring (bicyclic) bond motifs is 1. The number of nitrogens with one attached hydrogen (secondary N) is 1. The molecule has 0 saturated heterocycles. The van der Waals surface area contributed by atoms with Gasteiger partial charge in [0, 0.05) is 29.9 Å². The molecule has 0 aliphatic carbocycles. The lowest BCUT2D eigenvalue weighted by Crippen LogP contribution is -2.16. The normalized spacial score (nSPS) is 10.7. The Morgan fingerprint density at radius 3 is 2.50 bits per heavy atom. The van der Waals surface area contributed by atoms with Gasteiger partial charge in [-0.1, -0.05) is 54.5 Å². The maximum Gasteiger partial charge on any atom is 0.0994 e. The summed E-state index contributed by atoms with van der Waals surface area (Å²) in [6, 6.07) is 22.8. The molecule has 4 aromatic rings. The summed E-state index contributed by atoms with van der Waals surface area (Å²) in [6.07, 6.45) is 9.18. The molecule has 4 rings (SSSR count). The Balaban J connectivity index is 1.60. The molecule has 2 heterocycles. The quantitative estimate of drug-likeness (QED) is 0.551. The molecule has 3 nitrogen and oxygen atoms in total. The highest BCUT2D eigenvalue weighted by Gasteiger charge is 2.09. The largest absolute Gasteiger partial charge is 0.307 e. The Hall–Kier alpha value is -3.35. The van der Waals surface area contributed by atoms with Crippen molar-refractivity contribution in [1.82, 2.24) is 14.7 Å². The summed E-state index contributed by atoms with van der Waals surface area (Å²) in [5.74, 6) is 2.65. The van der Waals surface area contributed by atoms with Crippen LogP contribution in [0.1, 0.15) is 16.8 Å². The number of pyridine rings is 1. The van der Waals surface area contributed by atoms with E-state index in [1.807, 2.05) is 30.7 Å². The zero-order chi connectivity index (χ0) is 17.8. The number of imidazole rings is 1. The summed E-state index contributed by atoms with van der Waals surface area (Å²) in [5.41, 5.74) is 6.84. The lowest BCUT2D eigenvalue weighted by molar-refractivity contribution is 0.674. The van der Waals surface area contributed by atoms with Gasteiger partial charge in [-0.2, -0.15) is 0 Å². The van der Waals surface area contributed by atoms with Crippen LogP contribution in [0.25, 0.3) is 16.6 Å². The van der Waals surface area contributed by atoms with Crippen LogP contribution >= 0.6 is 0 Å². The molecule has 0 aliphatic rings. The smallest absolute Gasteiger partial charge is 0.0994 e. The second-order valence-electron chi connectivity index (χ2n) is 6.19. The Bertz CT molecular complexity index is 1050. The van der Waals surface area contributed by atoms with Crippen molar-refractivity contribution in [2.75, 3.05) is 0 Å². The third-order valence-corrected chi connectivity index (χ3v) is 4.52. The third kappa shape index (κ3) is 3.23. The molecular weight excluding hydrogens is 318 g/mol. The molecule has 0 atom stereocenters. The van der Waals surface area contributed by atoms with E-state index in [1.54, 1.807) is 0 Å².